The van der Waals surface area contributed by atoms with Gasteiger partial charge >= 0.3 is 0 Å². The molecule has 0 fully saturated rings. The van der Waals surface area contributed by atoms with Crippen molar-refractivity contribution in [3.8, 4) is 5.75 Å². The van der Waals surface area contributed by atoms with Crippen LogP contribution in [-0.4, -0.2) is 25.9 Å². The fraction of sp³-hybridized carbons (Fsp3) is 0.625. The van der Waals surface area contributed by atoms with E-state index in [-0.39, 0.29) is 12.1 Å². The predicted octanol–water partition coefficient (Wildman–Crippen LogP) is 3.55. The van der Waals surface area contributed by atoms with Crippen LogP contribution in [0.2, 0.25) is 0 Å². The van der Waals surface area contributed by atoms with E-state index in [2.05, 4.69) is 31.3 Å². The molecule has 3 nitrogen and oxygen atoms in total. The van der Waals surface area contributed by atoms with Crippen LogP contribution in [0.1, 0.15) is 45.7 Å². The van der Waals surface area contributed by atoms with Gasteiger partial charge in [0.15, 0.2) is 0 Å². The molecule has 0 aliphatic carbocycles. The van der Waals surface area contributed by atoms with Crippen molar-refractivity contribution in [2.75, 3.05) is 19.8 Å². The summed E-state index contributed by atoms with van der Waals surface area (Å²) in [4.78, 5) is 0. The van der Waals surface area contributed by atoms with E-state index in [4.69, 9.17) is 9.47 Å². The molecule has 1 aromatic carbocycles. The van der Waals surface area contributed by atoms with Crippen molar-refractivity contribution in [1.29, 1.82) is 0 Å². The van der Waals surface area contributed by atoms with E-state index in [9.17, 15) is 0 Å². The highest BCUT2D eigenvalue weighted by Crippen LogP contribution is 2.28. The summed E-state index contributed by atoms with van der Waals surface area (Å²) in [7, 11) is 0. The van der Waals surface area contributed by atoms with E-state index < -0.39 is 0 Å². The van der Waals surface area contributed by atoms with Gasteiger partial charge in [-0.05, 0) is 39.8 Å². The summed E-state index contributed by atoms with van der Waals surface area (Å²) >= 11 is 0. The molecule has 3 heteroatoms. The standard InChI is InChI=1S/C16H27NO2/c1-5-12-17-16(13(4)18-6-2)14-10-8-9-11-15(14)19-7-3/h8-11,13,16-17H,5-7,12H2,1-4H3. The Bertz CT molecular complexity index is 354. The smallest absolute Gasteiger partial charge is 0.124 e. The molecule has 0 bridgehead atoms. The van der Waals surface area contributed by atoms with Crippen molar-refractivity contribution < 1.29 is 9.47 Å². The van der Waals surface area contributed by atoms with Crippen LogP contribution in [-0.2, 0) is 4.74 Å². The van der Waals surface area contributed by atoms with Gasteiger partial charge in [0.2, 0.25) is 0 Å². The minimum absolute atomic E-state index is 0.123. The molecule has 0 saturated heterocycles. The molecular formula is C16H27NO2. The van der Waals surface area contributed by atoms with Crippen molar-refractivity contribution in [3.63, 3.8) is 0 Å². The van der Waals surface area contributed by atoms with E-state index in [1.54, 1.807) is 0 Å². The molecule has 0 heterocycles. The lowest BCUT2D eigenvalue weighted by molar-refractivity contribution is 0.0464. The van der Waals surface area contributed by atoms with Crippen molar-refractivity contribution in [1.82, 2.24) is 5.32 Å². The lowest BCUT2D eigenvalue weighted by atomic mass is 10.0. The predicted molar refractivity (Wildman–Crippen MR) is 79.7 cm³/mol. The molecule has 2 unspecified atom stereocenters. The summed E-state index contributed by atoms with van der Waals surface area (Å²) in [5.74, 6) is 0.949. The van der Waals surface area contributed by atoms with Gasteiger partial charge in [0.05, 0.1) is 18.8 Å². The van der Waals surface area contributed by atoms with Crippen LogP contribution >= 0.6 is 0 Å². The zero-order valence-corrected chi connectivity index (χ0v) is 12.6. The molecule has 0 radical (unpaired) electrons. The van der Waals surface area contributed by atoms with E-state index in [0.717, 1.165) is 25.3 Å². The number of hydrogen-bond donors (Lipinski definition) is 1. The number of rotatable bonds is 9. The van der Waals surface area contributed by atoms with Gasteiger partial charge in [0.1, 0.15) is 5.75 Å². The molecule has 0 saturated carbocycles. The highest BCUT2D eigenvalue weighted by atomic mass is 16.5. The Balaban J connectivity index is 2.94. The summed E-state index contributed by atoms with van der Waals surface area (Å²) in [5, 5.41) is 3.56. The quantitative estimate of drug-likeness (QED) is 0.740. The Labute approximate surface area is 117 Å². The normalized spacial score (nSPS) is 14.1. The van der Waals surface area contributed by atoms with Gasteiger partial charge in [-0.1, -0.05) is 25.1 Å². The van der Waals surface area contributed by atoms with Gasteiger partial charge in [-0.2, -0.15) is 0 Å². The van der Waals surface area contributed by atoms with Crippen LogP contribution in [0.5, 0.6) is 5.75 Å². The molecule has 2 atom stereocenters. The molecule has 19 heavy (non-hydrogen) atoms. The third-order valence-electron chi connectivity index (χ3n) is 3.07. The lowest BCUT2D eigenvalue weighted by Gasteiger charge is -2.27. The third-order valence-corrected chi connectivity index (χ3v) is 3.07. The largest absolute Gasteiger partial charge is 0.494 e. The topological polar surface area (TPSA) is 30.5 Å². The molecule has 0 aromatic heterocycles. The molecule has 1 N–H and O–H groups in total. The first-order valence-corrected chi connectivity index (χ1v) is 7.31. The van der Waals surface area contributed by atoms with Gasteiger partial charge in [-0.15, -0.1) is 0 Å². The molecule has 0 spiro atoms. The van der Waals surface area contributed by atoms with Crippen LogP contribution in [0.3, 0.4) is 0 Å². The Morgan fingerprint density at radius 1 is 1.11 bits per heavy atom. The third kappa shape index (κ3) is 4.84. The summed E-state index contributed by atoms with van der Waals surface area (Å²) in [6.45, 7) is 10.7. The van der Waals surface area contributed by atoms with Gasteiger partial charge in [-0.3, -0.25) is 0 Å². The van der Waals surface area contributed by atoms with Gasteiger partial charge < -0.3 is 14.8 Å². The fourth-order valence-corrected chi connectivity index (χ4v) is 2.21. The minimum atomic E-state index is 0.123. The van der Waals surface area contributed by atoms with Crippen LogP contribution in [0.25, 0.3) is 0 Å². The van der Waals surface area contributed by atoms with Crippen molar-refractivity contribution in [2.24, 2.45) is 0 Å². The van der Waals surface area contributed by atoms with Gasteiger partial charge in [0.25, 0.3) is 0 Å². The first-order valence-electron chi connectivity index (χ1n) is 7.31. The first-order chi connectivity index (χ1) is 9.24. The second-order valence-corrected chi connectivity index (χ2v) is 4.56. The zero-order chi connectivity index (χ0) is 14.1. The molecule has 0 aliphatic heterocycles. The highest BCUT2D eigenvalue weighted by molar-refractivity contribution is 5.36. The average molecular weight is 265 g/mol. The maximum Gasteiger partial charge on any atom is 0.124 e. The van der Waals surface area contributed by atoms with E-state index in [1.807, 2.05) is 26.0 Å². The SMILES string of the molecule is CCCNC(c1ccccc1OCC)C(C)OCC. The summed E-state index contributed by atoms with van der Waals surface area (Å²) in [5.41, 5.74) is 1.18. The zero-order valence-electron chi connectivity index (χ0n) is 12.6. The van der Waals surface area contributed by atoms with Crippen molar-refractivity contribution in [2.45, 2.75) is 46.3 Å². The molecular weight excluding hydrogens is 238 g/mol. The Morgan fingerprint density at radius 2 is 1.84 bits per heavy atom. The number of hydrogen-bond acceptors (Lipinski definition) is 3. The first kappa shape index (κ1) is 16.0. The molecule has 0 aliphatic rings. The molecule has 1 aromatic rings. The van der Waals surface area contributed by atoms with Crippen molar-refractivity contribution >= 4 is 0 Å². The van der Waals surface area contributed by atoms with E-state index in [0.29, 0.717) is 6.61 Å². The van der Waals surface area contributed by atoms with Crippen LogP contribution in [0.15, 0.2) is 24.3 Å². The molecule has 0 amide bonds. The Kier molecular flexibility index (Phi) is 7.53. The Hall–Kier alpha value is -1.06. The van der Waals surface area contributed by atoms with Gasteiger partial charge in [0, 0.05) is 12.2 Å². The Morgan fingerprint density at radius 3 is 2.47 bits per heavy atom. The molecule has 108 valence electrons. The van der Waals surface area contributed by atoms with Crippen LogP contribution < -0.4 is 10.1 Å². The van der Waals surface area contributed by atoms with E-state index in [1.165, 1.54) is 5.56 Å². The minimum Gasteiger partial charge on any atom is -0.494 e. The average Bonchev–Trinajstić information content (AvgIpc) is 2.41. The van der Waals surface area contributed by atoms with E-state index >= 15 is 0 Å². The maximum absolute atomic E-state index is 5.77. The van der Waals surface area contributed by atoms with Crippen LogP contribution in [0.4, 0.5) is 0 Å². The maximum atomic E-state index is 5.77. The van der Waals surface area contributed by atoms with Crippen LogP contribution in [0, 0.1) is 0 Å². The second-order valence-electron chi connectivity index (χ2n) is 4.56. The number of nitrogens with one attached hydrogen (secondary N) is 1. The monoisotopic (exact) mass is 265 g/mol. The number of para-hydroxylation sites is 1. The summed E-state index contributed by atoms with van der Waals surface area (Å²) < 4.78 is 11.5. The summed E-state index contributed by atoms with van der Waals surface area (Å²) in [6.07, 6.45) is 1.23. The van der Waals surface area contributed by atoms with Crippen molar-refractivity contribution in [3.05, 3.63) is 29.8 Å². The fourth-order valence-electron chi connectivity index (χ4n) is 2.21. The highest BCUT2D eigenvalue weighted by Gasteiger charge is 2.22. The van der Waals surface area contributed by atoms with Gasteiger partial charge in [-0.25, -0.2) is 0 Å². The second kappa shape index (κ2) is 8.94. The summed E-state index contributed by atoms with van der Waals surface area (Å²) in [6, 6.07) is 8.38. The number of ether oxygens (including phenoxy) is 2. The number of benzene rings is 1. The lowest BCUT2D eigenvalue weighted by Crippen LogP contribution is -2.33. The molecule has 1 rings (SSSR count).